The van der Waals surface area contributed by atoms with Gasteiger partial charge in [0.05, 0.1) is 18.0 Å². The molecule has 0 spiro atoms. The van der Waals surface area contributed by atoms with Gasteiger partial charge in [0.15, 0.2) is 17.5 Å². The molecule has 108 valence electrons. The van der Waals surface area contributed by atoms with Crippen molar-refractivity contribution < 1.29 is 18.3 Å². The molecule has 7 heteroatoms. The second-order valence-corrected chi connectivity index (χ2v) is 4.96. The molecule has 0 unspecified atom stereocenters. The Balaban J connectivity index is 2.64. The number of aromatic nitrogens is 2. The summed E-state index contributed by atoms with van der Waals surface area (Å²) in [6.45, 7) is 3.33. The largest absolute Gasteiger partial charge is 0.391 e. The molecule has 0 aliphatic heterocycles. The zero-order valence-corrected chi connectivity index (χ0v) is 11.5. The van der Waals surface area contributed by atoms with Gasteiger partial charge in [0.25, 0.3) is 0 Å². The average molecular weight is 305 g/mol. The Bertz CT molecular complexity index is 632. The summed E-state index contributed by atoms with van der Waals surface area (Å²) < 4.78 is 40.5. The van der Waals surface area contributed by atoms with Crippen LogP contribution < -0.4 is 0 Å². The minimum atomic E-state index is -1.55. The van der Waals surface area contributed by atoms with E-state index in [-0.39, 0.29) is 23.4 Å². The first kappa shape index (κ1) is 14.9. The molecule has 1 aromatic carbocycles. The van der Waals surface area contributed by atoms with Crippen molar-refractivity contribution in [1.82, 2.24) is 9.78 Å². The molecule has 0 atom stereocenters. The molecule has 2 aromatic rings. The summed E-state index contributed by atoms with van der Waals surface area (Å²) in [6, 6.07) is 1.59. The van der Waals surface area contributed by atoms with Crippen molar-refractivity contribution in [3.05, 3.63) is 46.0 Å². The first-order valence-corrected chi connectivity index (χ1v) is 6.27. The van der Waals surface area contributed by atoms with Gasteiger partial charge in [0, 0.05) is 17.7 Å². The molecule has 0 aliphatic carbocycles. The number of benzene rings is 1. The molecule has 0 saturated heterocycles. The molecule has 0 saturated carbocycles. The second kappa shape index (κ2) is 5.46. The van der Waals surface area contributed by atoms with E-state index >= 15 is 0 Å². The Labute approximate surface area is 118 Å². The van der Waals surface area contributed by atoms with Gasteiger partial charge in [0.1, 0.15) is 5.15 Å². The summed E-state index contributed by atoms with van der Waals surface area (Å²) in [4.78, 5) is 0. The van der Waals surface area contributed by atoms with Crippen LogP contribution >= 0.6 is 11.6 Å². The van der Waals surface area contributed by atoms with Crippen LogP contribution in [0.1, 0.15) is 31.0 Å². The zero-order chi connectivity index (χ0) is 15.0. The lowest BCUT2D eigenvalue weighted by Gasteiger charge is -2.05. The molecule has 0 bridgehead atoms. The van der Waals surface area contributed by atoms with Gasteiger partial charge in [-0.1, -0.05) is 25.4 Å². The van der Waals surface area contributed by atoms with Gasteiger partial charge in [-0.25, -0.2) is 17.9 Å². The number of aliphatic hydroxyl groups is 1. The van der Waals surface area contributed by atoms with Crippen molar-refractivity contribution in [2.75, 3.05) is 0 Å². The van der Waals surface area contributed by atoms with Gasteiger partial charge >= 0.3 is 0 Å². The van der Waals surface area contributed by atoms with Crippen molar-refractivity contribution >= 4 is 11.6 Å². The summed E-state index contributed by atoms with van der Waals surface area (Å²) >= 11 is 6.05. The van der Waals surface area contributed by atoms with Crippen LogP contribution in [0, 0.1) is 17.5 Å². The molecule has 2 rings (SSSR count). The number of halogens is 4. The molecule has 1 heterocycles. The maximum absolute atomic E-state index is 13.3. The summed E-state index contributed by atoms with van der Waals surface area (Å²) in [5.41, 5.74) is 0.849. The monoisotopic (exact) mass is 304 g/mol. The van der Waals surface area contributed by atoms with Crippen molar-refractivity contribution in [3.8, 4) is 5.69 Å². The minimum Gasteiger partial charge on any atom is -0.391 e. The summed E-state index contributed by atoms with van der Waals surface area (Å²) in [7, 11) is 0. The summed E-state index contributed by atoms with van der Waals surface area (Å²) in [6.07, 6.45) is 0. The van der Waals surface area contributed by atoms with Gasteiger partial charge in [-0.3, -0.25) is 0 Å². The van der Waals surface area contributed by atoms with Crippen molar-refractivity contribution in [2.45, 2.75) is 26.4 Å². The molecule has 0 radical (unpaired) electrons. The van der Waals surface area contributed by atoms with Crippen LogP contribution in [-0.2, 0) is 6.61 Å². The standard InChI is InChI=1S/C13H12ClF3N2O/c1-6(2)12-8(5-20)13(14)19(18-12)7-3-9(15)11(17)10(16)4-7/h3-4,6,20H,5H2,1-2H3. The predicted octanol–water partition coefficient (Wildman–Crippen LogP) is 3.56. The van der Waals surface area contributed by atoms with E-state index < -0.39 is 17.5 Å². The third-order valence-electron chi connectivity index (χ3n) is 2.87. The topological polar surface area (TPSA) is 38.0 Å². The van der Waals surface area contributed by atoms with Crippen molar-refractivity contribution in [1.29, 1.82) is 0 Å². The number of hydrogen-bond acceptors (Lipinski definition) is 2. The highest BCUT2D eigenvalue weighted by Gasteiger charge is 2.20. The SMILES string of the molecule is CC(C)c1nn(-c2cc(F)c(F)c(F)c2)c(Cl)c1CO. The Morgan fingerprint density at radius 3 is 2.20 bits per heavy atom. The zero-order valence-electron chi connectivity index (χ0n) is 10.8. The van der Waals surface area contributed by atoms with E-state index in [1.165, 1.54) is 0 Å². The van der Waals surface area contributed by atoms with Gasteiger partial charge in [0.2, 0.25) is 0 Å². The van der Waals surface area contributed by atoms with E-state index in [4.69, 9.17) is 11.6 Å². The Morgan fingerprint density at radius 2 is 1.80 bits per heavy atom. The first-order valence-electron chi connectivity index (χ1n) is 5.89. The third kappa shape index (κ3) is 2.41. The lowest BCUT2D eigenvalue weighted by Crippen LogP contribution is -2.02. The van der Waals surface area contributed by atoms with Crippen LogP contribution in [0.3, 0.4) is 0 Å². The number of aliphatic hydroxyl groups excluding tert-OH is 1. The van der Waals surface area contributed by atoms with E-state index in [1.54, 1.807) is 0 Å². The summed E-state index contributed by atoms with van der Waals surface area (Å²) in [5, 5.41) is 13.5. The fourth-order valence-electron chi connectivity index (χ4n) is 1.89. The van der Waals surface area contributed by atoms with E-state index in [1.807, 2.05) is 13.8 Å². The van der Waals surface area contributed by atoms with Crippen molar-refractivity contribution in [3.63, 3.8) is 0 Å². The Morgan fingerprint density at radius 1 is 1.25 bits per heavy atom. The number of rotatable bonds is 3. The van der Waals surface area contributed by atoms with Crippen LogP contribution in [0.4, 0.5) is 13.2 Å². The molecular weight excluding hydrogens is 293 g/mol. The molecule has 0 amide bonds. The maximum Gasteiger partial charge on any atom is 0.194 e. The van der Waals surface area contributed by atoms with E-state index in [9.17, 15) is 18.3 Å². The van der Waals surface area contributed by atoms with Crippen molar-refractivity contribution in [2.24, 2.45) is 0 Å². The lowest BCUT2D eigenvalue weighted by molar-refractivity contribution is 0.280. The Hall–Kier alpha value is -1.53. The molecule has 0 fully saturated rings. The number of hydrogen-bond donors (Lipinski definition) is 1. The molecule has 0 aliphatic rings. The summed E-state index contributed by atoms with van der Waals surface area (Å²) in [5.74, 6) is -4.25. The quantitative estimate of drug-likeness (QED) is 0.881. The first-order chi connectivity index (χ1) is 9.36. The van der Waals surface area contributed by atoms with E-state index in [0.29, 0.717) is 11.3 Å². The average Bonchev–Trinajstić information content (AvgIpc) is 2.72. The molecule has 20 heavy (non-hydrogen) atoms. The van der Waals surface area contributed by atoms with E-state index in [2.05, 4.69) is 5.10 Å². The predicted molar refractivity (Wildman–Crippen MR) is 68.5 cm³/mol. The van der Waals surface area contributed by atoms with Gasteiger partial charge in [-0.15, -0.1) is 0 Å². The normalized spacial score (nSPS) is 11.4. The van der Waals surface area contributed by atoms with Gasteiger partial charge < -0.3 is 5.11 Å². The highest BCUT2D eigenvalue weighted by molar-refractivity contribution is 6.30. The maximum atomic E-state index is 13.3. The highest BCUT2D eigenvalue weighted by atomic mass is 35.5. The molecule has 1 N–H and O–H groups in total. The van der Waals surface area contributed by atoms with Crippen LogP contribution in [0.25, 0.3) is 5.69 Å². The van der Waals surface area contributed by atoms with Crippen LogP contribution in [0.5, 0.6) is 0 Å². The lowest BCUT2D eigenvalue weighted by atomic mass is 10.1. The second-order valence-electron chi connectivity index (χ2n) is 4.60. The third-order valence-corrected chi connectivity index (χ3v) is 3.26. The molecular formula is C13H12ClF3N2O. The van der Waals surface area contributed by atoms with Gasteiger partial charge in [-0.2, -0.15) is 5.10 Å². The molecule has 1 aromatic heterocycles. The molecule has 3 nitrogen and oxygen atoms in total. The van der Waals surface area contributed by atoms with Crippen LogP contribution in [0.2, 0.25) is 5.15 Å². The van der Waals surface area contributed by atoms with Crippen LogP contribution in [-0.4, -0.2) is 14.9 Å². The highest BCUT2D eigenvalue weighted by Crippen LogP contribution is 2.29. The fraction of sp³-hybridized carbons (Fsp3) is 0.308. The minimum absolute atomic E-state index is 0.0361. The van der Waals surface area contributed by atoms with Crippen LogP contribution in [0.15, 0.2) is 12.1 Å². The van der Waals surface area contributed by atoms with E-state index in [0.717, 1.165) is 16.8 Å². The smallest absolute Gasteiger partial charge is 0.194 e. The fourth-order valence-corrected chi connectivity index (χ4v) is 2.18. The van der Waals surface area contributed by atoms with Gasteiger partial charge in [-0.05, 0) is 5.92 Å². The number of nitrogens with zero attached hydrogens (tertiary/aromatic N) is 2. The Kier molecular flexibility index (Phi) is 4.06.